The molecule has 0 atom stereocenters. The van der Waals surface area contributed by atoms with E-state index in [0.29, 0.717) is 17.2 Å². The molecular formula is C17H17ClO2. The minimum Gasteiger partial charge on any atom is -0.369 e. The molecule has 104 valence electrons. The van der Waals surface area contributed by atoms with E-state index >= 15 is 0 Å². The monoisotopic (exact) mass is 288 g/mol. The zero-order valence-corrected chi connectivity index (χ0v) is 12.4. The van der Waals surface area contributed by atoms with E-state index in [0.717, 1.165) is 11.1 Å². The number of Topliss-reactive ketones (excluding diaryl/α,β-unsaturated/α-hetero) is 1. The summed E-state index contributed by atoms with van der Waals surface area (Å²) in [5.41, 5.74) is 3.87. The number of hydrogen-bond acceptors (Lipinski definition) is 2. The fourth-order valence-corrected chi connectivity index (χ4v) is 2.06. The maximum absolute atomic E-state index is 12.0. The van der Waals surface area contributed by atoms with Gasteiger partial charge in [-0.1, -0.05) is 41.9 Å². The van der Waals surface area contributed by atoms with Gasteiger partial charge in [-0.3, -0.25) is 4.79 Å². The molecule has 0 aliphatic carbocycles. The fourth-order valence-electron chi connectivity index (χ4n) is 1.87. The van der Waals surface area contributed by atoms with Crippen LogP contribution in [0.1, 0.15) is 27.0 Å². The topological polar surface area (TPSA) is 26.3 Å². The van der Waals surface area contributed by atoms with E-state index in [-0.39, 0.29) is 12.4 Å². The third-order valence-electron chi connectivity index (χ3n) is 3.28. The van der Waals surface area contributed by atoms with Crippen molar-refractivity contribution < 1.29 is 9.53 Å². The van der Waals surface area contributed by atoms with Crippen LogP contribution in [0.3, 0.4) is 0 Å². The summed E-state index contributed by atoms with van der Waals surface area (Å²) in [6.45, 7) is 4.43. The molecule has 0 saturated carbocycles. The molecule has 2 rings (SSSR count). The van der Waals surface area contributed by atoms with Gasteiger partial charge in [-0.2, -0.15) is 0 Å². The molecule has 0 spiro atoms. The van der Waals surface area contributed by atoms with Crippen molar-refractivity contribution in [3.63, 3.8) is 0 Å². The fraction of sp³-hybridized carbons (Fsp3) is 0.235. The molecule has 0 aliphatic rings. The van der Waals surface area contributed by atoms with Crippen LogP contribution in [0.2, 0.25) is 5.02 Å². The minimum atomic E-state index is -0.0137. The van der Waals surface area contributed by atoms with Gasteiger partial charge in [0, 0.05) is 10.6 Å². The molecule has 2 nitrogen and oxygen atoms in total. The van der Waals surface area contributed by atoms with E-state index in [1.54, 1.807) is 0 Å². The van der Waals surface area contributed by atoms with Crippen LogP contribution < -0.4 is 0 Å². The van der Waals surface area contributed by atoms with Crippen LogP contribution in [0, 0.1) is 13.8 Å². The van der Waals surface area contributed by atoms with Crippen molar-refractivity contribution in [2.45, 2.75) is 20.5 Å². The molecule has 0 aliphatic heterocycles. The Morgan fingerprint density at radius 3 is 2.55 bits per heavy atom. The lowest BCUT2D eigenvalue weighted by Gasteiger charge is -2.07. The Kier molecular flexibility index (Phi) is 4.94. The summed E-state index contributed by atoms with van der Waals surface area (Å²) in [7, 11) is 0. The number of carbonyl (C=O) groups excluding carboxylic acids is 1. The summed E-state index contributed by atoms with van der Waals surface area (Å²) >= 11 is 6.03. The van der Waals surface area contributed by atoms with Crippen molar-refractivity contribution in [3.8, 4) is 0 Å². The molecule has 2 aromatic carbocycles. The van der Waals surface area contributed by atoms with E-state index in [9.17, 15) is 4.79 Å². The number of benzene rings is 2. The van der Waals surface area contributed by atoms with Gasteiger partial charge in [-0.25, -0.2) is 0 Å². The Morgan fingerprint density at radius 2 is 1.85 bits per heavy atom. The zero-order valence-electron chi connectivity index (χ0n) is 11.7. The number of hydrogen-bond donors (Lipinski definition) is 0. The van der Waals surface area contributed by atoms with Gasteiger partial charge >= 0.3 is 0 Å². The van der Waals surface area contributed by atoms with E-state index < -0.39 is 0 Å². The second-order valence-electron chi connectivity index (χ2n) is 4.81. The molecule has 0 N–H and O–H groups in total. The molecule has 0 radical (unpaired) electrons. The molecule has 0 fully saturated rings. The molecule has 0 heterocycles. The third-order valence-corrected chi connectivity index (χ3v) is 3.65. The summed E-state index contributed by atoms with van der Waals surface area (Å²) in [5, 5.41) is 0.658. The maximum Gasteiger partial charge on any atom is 0.188 e. The zero-order chi connectivity index (χ0) is 14.5. The van der Waals surface area contributed by atoms with Crippen LogP contribution in [-0.2, 0) is 11.3 Å². The second kappa shape index (κ2) is 6.69. The van der Waals surface area contributed by atoms with Crippen LogP contribution in [-0.4, -0.2) is 12.4 Å². The number of rotatable bonds is 5. The van der Waals surface area contributed by atoms with Crippen LogP contribution in [0.4, 0.5) is 0 Å². The summed E-state index contributed by atoms with van der Waals surface area (Å²) in [5.74, 6) is -0.0137. The van der Waals surface area contributed by atoms with Gasteiger partial charge in [0.05, 0.1) is 6.61 Å². The van der Waals surface area contributed by atoms with E-state index in [2.05, 4.69) is 0 Å². The van der Waals surface area contributed by atoms with E-state index in [1.165, 1.54) is 5.56 Å². The molecule has 20 heavy (non-hydrogen) atoms. The number of halogens is 1. The Balaban J connectivity index is 1.92. The van der Waals surface area contributed by atoms with Crippen molar-refractivity contribution in [3.05, 3.63) is 69.7 Å². The number of carbonyl (C=O) groups is 1. The van der Waals surface area contributed by atoms with Crippen LogP contribution >= 0.6 is 11.6 Å². The summed E-state index contributed by atoms with van der Waals surface area (Å²) in [6, 6.07) is 13.2. The predicted octanol–water partition coefficient (Wildman–Crippen LogP) is 4.36. The molecular weight excluding hydrogens is 272 g/mol. The first-order valence-electron chi connectivity index (χ1n) is 6.49. The first-order chi connectivity index (χ1) is 9.58. The molecule has 0 unspecified atom stereocenters. The summed E-state index contributed by atoms with van der Waals surface area (Å²) in [4.78, 5) is 12.0. The van der Waals surface area contributed by atoms with E-state index in [4.69, 9.17) is 16.3 Å². The van der Waals surface area contributed by atoms with Crippen LogP contribution in [0.5, 0.6) is 0 Å². The number of aryl methyl sites for hydroxylation is 2. The van der Waals surface area contributed by atoms with Crippen molar-refractivity contribution in [2.24, 2.45) is 0 Å². The Labute approximate surface area is 124 Å². The quantitative estimate of drug-likeness (QED) is 0.764. The van der Waals surface area contributed by atoms with Crippen molar-refractivity contribution in [1.29, 1.82) is 0 Å². The average molecular weight is 289 g/mol. The number of ether oxygens (including phenoxy) is 1. The Hall–Kier alpha value is -1.64. The van der Waals surface area contributed by atoms with Crippen LogP contribution in [0.25, 0.3) is 0 Å². The first-order valence-corrected chi connectivity index (χ1v) is 6.87. The van der Waals surface area contributed by atoms with Gasteiger partial charge in [0.15, 0.2) is 5.78 Å². The first kappa shape index (κ1) is 14.8. The van der Waals surface area contributed by atoms with Gasteiger partial charge in [0.25, 0.3) is 0 Å². The Bertz CT molecular complexity index is 620. The lowest BCUT2D eigenvalue weighted by atomic mass is 10.0. The Morgan fingerprint density at radius 1 is 1.10 bits per heavy atom. The van der Waals surface area contributed by atoms with Gasteiger partial charge in [0.1, 0.15) is 6.61 Å². The molecule has 0 aromatic heterocycles. The maximum atomic E-state index is 12.0. The van der Waals surface area contributed by atoms with Crippen molar-refractivity contribution in [2.75, 3.05) is 6.61 Å². The summed E-state index contributed by atoms with van der Waals surface area (Å²) < 4.78 is 5.45. The van der Waals surface area contributed by atoms with Gasteiger partial charge in [-0.05, 0) is 42.7 Å². The van der Waals surface area contributed by atoms with E-state index in [1.807, 2.05) is 56.3 Å². The van der Waals surface area contributed by atoms with Gasteiger partial charge in [-0.15, -0.1) is 0 Å². The predicted molar refractivity (Wildman–Crippen MR) is 81.4 cm³/mol. The molecule has 0 saturated heterocycles. The van der Waals surface area contributed by atoms with Gasteiger partial charge in [0.2, 0.25) is 0 Å². The van der Waals surface area contributed by atoms with Gasteiger partial charge < -0.3 is 4.74 Å². The molecule has 2 aromatic rings. The highest BCUT2D eigenvalue weighted by atomic mass is 35.5. The highest BCUT2D eigenvalue weighted by molar-refractivity contribution is 6.31. The smallest absolute Gasteiger partial charge is 0.188 e. The highest BCUT2D eigenvalue weighted by Gasteiger charge is 2.08. The normalized spacial score (nSPS) is 10.6. The van der Waals surface area contributed by atoms with Crippen molar-refractivity contribution >= 4 is 17.4 Å². The molecule has 0 amide bonds. The van der Waals surface area contributed by atoms with Crippen LogP contribution in [0.15, 0.2) is 42.5 Å². The minimum absolute atomic E-state index is 0.0137. The third kappa shape index (κ3) is 3.69. The highest BCUT2D eigenvalue weighted by Crippen LogP contribution is 2.16. The number of ketones is 1. The average Bonchev–Trinajstić information content (AvgIpc) is 2.44. The lowest BCUT2D eigenvalue weighted by molar-refractivity contribution is 0.0726. The molecule has 0 bridgehead atoms. The largest absolute Gasteiger partial charge is 0.369 e. The SMILES string of the molecule is Cc1ccc(C(=O)COCc2ccccc2Cl)cc1C. The van der Waals surface area contributed by atoms with Crippen molar-refractivity contribution in [1.82, 2.24) is 0 Å². The summed E-state index contributed by atoms with van der Waals surface area (Å²) in [6.07, 6.45) is 0. The second-order valence-corrected chi connectivity index (χ2v) is 5.21. The standard InChI is InChI=1S/C17H17ClO2/c1-12-7-8-14(9-13(12)2)17(19)11-20-10-15-5-3-4-6-16(15)18/h3-9H,10-11H2,1-2H3. The molecule has 3 heteroatoms. The lowest BCUT2D eigenvalue weighted by Crippen LogP contribution is -2.09.